The Labute approximate surface area is 107 Å². The third kappa shape index (κ3) is 2.54. The van der Waals surface area contributed by atoms with E-state index in [0.29, 0.717) is 4.90 Å². The molecule has 19 heavy (non-hydrogen) atoms. The van der Waals surface area contributed by atoms with Crippen molar-refractivity contribution in [1.29, 1.82) is 0 Å². The van der Waals surface area contributed by atoms with E-state index in [0.717, 1.165) is 0 Å². The molecule has 1 aliphatic heterocycles. The molecule has 102 valence electrons. The molecule has 4 nitrogen and oxygen atoms in total. The van der Waals surface area contributed by atoms with Crippen molar-refractivity contribution in [3.8, 4) is 0 Å². The average molecular weight is 272 g/mol. The summed E-state index contributed by atoms with van der Waals surface area (Å²) in [5, 5.41) is 2.51. The van der Waals surface area contributed by atoms with Gasteiger partial charge < -0.3 is 10.2 Å². The normalized spacial score (nSPS) is 19.5. The maximum atomic E-state index is 12.6. The second-order valence-electron chi connectivity index (χ2n) is 4.32. The van der Waals surface area contributed by atoms with Crippen molar-refractivity contribution in [2.24, 2.45) is 5.92 Å². The van der Waals surface area contributed by atoms with E-state index in [9.17, 15) is 22.8 Å². The molecule has 0 spiro atoms. The van der Waals surface area contributed by atoms with E-state index in [1.807, 2.05) is 0 Å². The summed E-state index contributed by atoms with van der Waals surface area (Å²) in [6, 6.07) is 5.92. The highest BCUT2D eigenvalue weighted by Crippen LogP contribution is 2.32. The number of carbonyl (C=O) groups excluding carboxylic acids is 2. The van der Waals surface area contributed by atoms with Crippen LogP contribution < -0.4 is 10.2 Å². The number of alkyl halides is 3. The largest absolute Gasteiger partial charge is 0.471 e. The zero-order chi connectivity index (χ0) is 14.2. The fourth-order valence-electron chi connectivity index (χ4n) is 1.87. The summed E-state index contributed by atoms with van der Waals surface area (Å²) < 4.78 is 37.8. The molecule has 0 aliphatic carbocycles. The number of benzene rings is 1. The molecule has 0 radical (unpaired) electrons. The Hall–Kier alpha value is -2.05. The molecule has 1 aromatic rings. The third-order valence-electron chi connectivity index (χ3n) is 2.84. The van der Waals surface area contributed by atoms with Crippen LogP contribution in [0.2, 0.25) is 0 Å². The van der Waals surface area contributed by atoms with Crippen LogP contribution in [0, 0.1) is 5.92 Å². The lowest BCUT2D eigenvalue weighted by Crippen LogP contribution is -2.43. The zero-order valence-corrected chi connectivity index (χ0v) is 9.99. The first-order valence-electron chi connectivity index (χ1n) is 5.59. The fraction of sp³-hybridized carbons (Fsp3) is 0.333. The van der Waals surface area contributed by atoms with Gasteiger partial charge in [-0.1, -0.05) is 19.1 Å². The summed E-state index contributed by atoms with van der Waals surface area (Å²) in [6.07, 6.45) is -4.97. The molecular weight excluding hydrogens is 261 g/mol. The maximum Gasteiger partial charge on any atom is 0.471 e. The van der Waals surface area contributed by atoms with Crippen LogP contribution in [0.4, 0.5) is 24.5 Å². The van der Waals surface area contributed by atoms with Gasteiger partial charge in [0.15, 0.2) is 0 Å². The number of halogens is 3. The van der Waals surface area contributed by atoms with E-state index in [1.165, 1.54) is 25.1 Å². The van der Waals surface area contributed by atoms with Gasteiger partial charge in [0.2, 0.25) is 5.91 Å². The lowest BCUT2D eigenvalue weighted by Gasteiger charge is -2.24. The fourth-order valence-corrected chi connectivity index (χ4v) is 1.87. The molecule has 1 aliphatic rings. The highest BCUT2D eigenvalue weighted by molar-refractivity contribution is 6.06. The van der Waals surface area contributed by atoms with E-state index < -0.39 is 23.9 Å². The molecule has 2 amide bonds. The quantitative estimate of drug-likeness (QED) is 0.787. The minimum absolute atomic E-state index is 0.0579. The van der Waals surface area contributed by atoms with Crippen molar-refractivity contribution >= 4 is 23.2 Å². The molecule has 0 fully saturated rings. The van der Waals surface area contributed by atoms with E-state index in [2.05, 4.69) is 5.32 Å². The van der Waals surface area contributed by atoms with Crippen LogP contribution in [0.3, 0.4) is 0 Å². The van der Waals surface area contributed by atoms with Gasteiger partial charge in [-0.3, -0.25) is 9.59 Å². The van der Waals surface area contributed by atoms with Crippen LogP contribution in [-0.2, 0) is 9.59 Å². The summed E-state index contributed by atoms with van der Waals surface area (Å²) in [5.41, 5.74) is 0.261. The van der Waals surface area contributed by atoms with Crippen molar-refractivity contribution in [3.05, 3.63) is 24.3 Å². The SMILES string of the molecule is C[C@H]1CN(C(=O)C(F)(F)F)c2ccccc2NC1=O. The van der Waals surface area contributed by atoms with E-state index >= 15 is 0 Å². The molecule has 1 aromatic carbocycles. The van der Waals surface area contributed by atoms with Crippen LogP contribution in [0.1, 0.15) is 6.92 Å². The van der Waals surface area contributed by atoms with Crippen LogP contribution in [0.25, 0.3) is 0 Å². The second kappa shape index (κ2) is 4.56. The number of rotatable bonds is 0. The first-order chi connectivity index (χ1) is 8.80. The summed E-state index contributed by atoms with van der Waals surface area (Å²) in [7, 11) is 0. The Morgan fingerprint density at radius 3 is 2.63 bits per heavy atom. The first kappa shape index (κ1) is 13.4. The molecule has 0 unspecified atom stereocenters. The number of anilines is 2. The Morgan fingerprint density at radius 1 is 1.37 bits per heavy atom. The van der Waals surface area contributed by atoms with Crippen LogP contribution in [0.15, 0.2) is 24.3 Å². The first-order valence-corrected chi connectivity index (χ1v) is 5.59. The van der Waals surface area contributed by atoms with Crippen molar-refractivity contribution in [2.45, 2.75) is 13.1 Å². The lowest BCUT2D eigenvalue weighted by molar-refractivity contribution is -0.170. The zero-order valence-electron chi connectivity index (χ0n) is 9.99. The number of fused-ring (bicyclic) bond motifs is 1. The van der Waals surface area contributed by atoms with Gasteiger partial charge in [-0.25, -0.2) is 0 Å². The second-order valence-corrected chi connectivity index (χ2v) is 4.32. The van der Waals surface area contributed by atoms with Crippen molar-refractivity contribution < 1.29 is 22.8 Å². The van der Waals surface area contributed by atoms with Gasteiger partial charge in [0, 0.05) is 6.54 Å². The van der Waals surface area contributed by atoms with Gasteiger partial charge in [-0.2, -0.15) is 13.2 Å². The van der Waals surface area contributed by atoms with Crippen LogP contribution >= 0.6 is 0 Å². The molecular formula is C12H11F3N2O2. The Morgan fingerprint density at radius 2 is 2.00 bits per heavy atom. The standard InChI is InChI=1S/C12H11F3N2O2/c1-7-6-17(11(19)12(13,14)15)9-5-3-2-4-8(9)16-10(7)18/h2-5,7H,6H2,1H3,(H,16,18)/t7-/m0/s1. The molecule has 1 atom stereocenters. The minimum atomic E-state index is -4.97. The number of para-hydroxylation sites is 2. The molecule has 1 N–H and O–H groups in total. The van der Waals surface area contributed by atoms with Gasteiger partial charge in [-0.05, 0) is 12.1 Å². The van der Waals surface area contributed by atoms with Crippen molar-refractivity contribution in [2.75, 3.05) is 16.8 Å². The molecule has 1 heterocycles. The summed E-state index contributed by atoms with van der Waals surface area (Å²) >= 11 is 0. The monoisotopic (exact) mass is 272 g/mol. The molecule has 0 bridgehead atoms. The Bertz CT molecular complexity index is 528. The number of nitrogens with zero attached hydrogens (tertiary/aromatic N) is 1. The van der Waals surface area contributed by atoms with Crippen LogP contribution in [-0.4, -0.2) is 24.5 Å². The topological polar surface area (TPSA) is 49.4 Å². The van der Waals surface area contributed by atoms with Crippen molar-refractivity contribution in [1.82, 2.24) is 0 Å². The van der Waals surface area contributed by atoms with E-state index in [-0.39, 0.29) is 17.9 Å². The number of hydrogen-bond acceptors (Lipinski definition) is 2. The maximum absolute atomic E-state index is 12.6. The highest BCUT2D eigenvalue weighted by atomic mass is 19.4. The third-order valence-corrected chi connectivity index (χ3v) is 2.84. The predicted molar refractivity (Wildman–Crippen MR) is 62.6 cm³/mol. The molecule has 0 saturated carbocycles. The average Bonchev–Trinajstić information content (AvgIpc) is 2.45. The Kier molecular flexibility index (Phi) is 3.21. The van der Waals surface area contributed by atoms with Gasteiger partial charge in [-0.15, -0.1) is 0 Å². The molecule has 7 heteroatoms. The smallest absolute Gasteiger partial charge is 0.324 e. The number of carbonyl (C=O) groups is 2. The number of amides is 2. The molecule has 2 rings (SSSR count). The van der Waals surface area contributed by atoms with Crippen molar-refractivity contribution in [3.63, 3.8) is 0 Å². The number of nitrogens with one attached hydrogen (secondary N) is 1. The minimum Gasteiger partial charge on any atom is -0.324 e. The molecule has 0 aromatic heterocycles. The summed E-state index contributed by atoms with van der Waals surface area (Å²) in [5.74, 6) is -3.10. The van der Waals surface area contributed by atoms with Gasteiger partial charge in [0.05, 0.1) is 17.3 Å². The number of hydrogen-bond donors (Lipinski definition) is 1. The Balaban J connectivity index is 2.48. The van der Waals surface area contributed by atoms with Gasteiger partial charge in [0.1, 0.15) is 0 Å². The van der Waals surface area contributed by atoms with Crippen LogP contribution in [0.5, 0.6) is 0 Å². The van der Waals surface area contributed by atoms with Gasteiger partial charge >= 0.3 is 12.1 Å². The van der Waals surface area contributed by atoms with Gasteiger partial charge in [0.25, 0.3) is 0 Å². The van der Waals surface area contributed by atoms with E-state index in [4.69, 9.17) is 0 Å². The predicted octanol–water partition coefficient (Wildman–Crippen LogP) is 2.17. The summed E-state index contributed by atoms with van der Waals surface area (Å²) in [4.78, 5) is 23.7. The highest BCUT2D eigenvalue weighted by Gasteiger charge is 2.45. The van der Waals surface area contributed by atoms with E-state index in [1.54, 1.807) is 6.07 Å². The lowest BCUT2D eigenvalue weighted by atomic mass is 10.1. The summed E-state index contributed by atoms with van der Waals surface area (Å²) in [6.45, 7) is 1.17. The molecule has 0 saturated heterocycles.